The third-order valence-electron chi connectivity index (χ3n) is 5.29. The molecule has 2 fully saturated rings. The maximum absolute atomic E-state index is 5.60. The van der Waals surface area contributed by atoms with Crippen molar-refractivity contribution in [1.82, 2.24) is 15.2 Å². The van der Waals surface area contributed by atoms with E-state index in [0.29, 0.717) is 12.4 Å². The van der Waals surface area contributed by atoms with Crippen LogP contribution < -0.4 is 5.32 Å². The van der Waals surface area contributed by atoms with Crippen LogP contribution in [0.15, 0.2) is 33.2 Å². The fraction of sp³-hybridized carbons (Fsp3) is 0.579. The molecule has 2 aromatic rings. The van der Waals surface area contributed by atoms with Crippen LogP contribution in [0.25, 0.3) is 10.8 Å². The molecule has 7 heteroatoms. The topological polar surface area (TPSA) is 53.7 Å². The number of hydrogen-bond donors (Lipinski definition) is 1. The maximum atomic E-state index is 5.60. The van der Waals surface area contributed by atoms with Gasteiger partial charge in [-0.05, 0) is 43.0 Å². The summed E-state index contributed by atoms with van der Waals surface area (Å²) in [6.45, 7) is 5.88. The smallest absolute Gasteiger partial charge is 0.236 e. The fourth-order valence-corrected chi connectivity index (χ4v) is 4.71. The second-order valence-corrected chi connectivity index (χ2v) is 7.95. The summed E-state index contributed by atoms with van der Waals surface area (Å²) in [7, 11) is 0. The Kier molecular flexibility index (Phi) is 6.97. The van der Waals surface area contributed by atoms with E-state index in [1.807, 2.05) is 17.5 Å². The summed E-state index contributed by atoms with van der Waals surface area (Å²) < 4.78 is 5.60. The van der Waals surface area contributed by atoms with Crippen LogP contribution in [-0.2, 0) is 6.54 Å². The van der Waals surface area contributed by atoms with Crippen molar-refractivity contribution in [2.24, 2.45) is 16.8 Å². The molecular formula is C19H27IN4OS. The average Bonchev–Trinajstić information content (AvgIpc) is 3.38. The lowest BCUT2D eigenvalue weighted by Crippen LogP contribution is -2.40. The maximum Gasteiger partial charge on any atom is 0.236 e. The van der Waals surface area contributed by atoms with Crippen LogP contribution in [0.5, 0.6) is 0 Å². The normalized spacial score (nSPS) is 22.8. The molecule has 4 rings (SSSR count). The predicted octanol–water partition coefficient (Wildman–Crippen LogP) is 4.61. The van der Waals surface area contributed by atoms with Gasteiger partial charge in [-0.3, -0.25) is 0 Å². The van der Waals surface area contributed by atoms with Crippen molar-refractivity contribution >= 4 is 41.3 Å². The Morgan fingerprint density at radius 2 is 2.12 bits per heavy atom. The van der Waals surface area contributed by atoms with E-state index in [0.717, 1.165) is 48.0 Å². The van der Waals surface area contributed by atoms with Gasteiger partial charge in [-0.25, -0.2) is 9.98 Å². The van der Waals surface area contributed by atoms with E-state index in [2.05, 4.69) is 22.1 Å². The zero-order chi connectivity index (χ0) is 17.1. The van der Waals surface area contributed by atoms with E-state index < -0.39 is 0 Å². The van der Waals surface area contributed by atoms with Crippen LogP contribution >= 0.6 is 35.3 Å². The zero-order valence-electron chi connectivity index (χ0n) is 15.2. The molecule has 2 aromatic heterocycles. The highest BCUT2D eigenvalue weighted by Gasteiger charge is 2.35. The first-order valence-corrected chi connectivity index (χ1v) is 10.2. The Morgan fingerprint density at radius 1 is 1.35 bits per heavy atom. The Labute approximate surface area is 176 Å². The highest BCUT2D eigenvalue weighted by atomic mass is 127. The first-order chi connectivity index (χ1) is 12.3. The van der Waals surface area contributed by atoms with Gasteiger partial charge in [0.15, 0.2) is 5.96 Å². The van der Waals surface area contributed by atoms with E-state index in [-0.39, 0.29) is 24.0 Å². The number of halogens is 1. The van der Waals surface area contributed by atoms with E-state index in [9.17, 15) is 0 Å². The molecule has 1 saturated carbocycles. The number of nitrogens with one attached hydrogen (secondary N) is 1. The van der Waals surface area contributed by atoms with E-state index in [1.165, 1.54) is 25.7 Å². The molecule has 26 heavy (non-hydrogen) atoms. The number of guanidine groups is 1. The van der Waals surface area contributed by atoms with Gasteiger partial charge in [-0.15, -0.1) is 35.3 Å². The van der Waals surface area contributed by atoms with Gasteiger partial charge in [0.1, 0.15) is 12.0 Å². The number of nitrogens with zero attached hydrogens (tertiary/aromatic N) is 3. The van der Waals surface area contributed by atoms with Crippen molar-refractivity contribution in [2.45, 2.75) is 39.2 Å². The Hall–Kier alpha value is -1.09. The first-order valence-electron chi connectivity index (χ1n) is 9.35. The van der Waals surface area contributed by atoms with Gasteiger partial charge >= 0.3 is 0 Å². The highest BCUT2D eigenvalue weighted by molar-refractivity contribution is 14.0. The lowest BCUT2D eigenvalue weighted by Gasteiger charge is -2.22. The van der Waals surface area contributed by atoms with E-state index in [1.54, 1.807) is 17.6 Å². The standard InChI is InChI=1S/C19H26N4OS.HI/c1-2-20-19(23-11-14-6-3-4-7-15(14)12-23)21-10-16-13-24-18(22-16)17-8-5-9-25-17;/h5,8-9,13-15H,2-4,6-7,10-12H2,1H3,(H,20,21);1H. The lowest BCUT2D eigenvalue weighted by molar-refractivity contribution is 0.299. The van der Waals surface area contributed by atoms with Crippen molar-refractivity contribution in [2.75, 3.05) is 19.6 Å². The quantitative estimate of drug-likeness (QED) is 0.390. The van der Waals surface area contributed by atoms with Crippen LogP contribution in [0.2, 0.25) is 0 Å². The summed E-state index contributed by atoms with van der Waals surface area (Å²) in [5, 5.41) is 5.49. The molecule has 2 atom stereocenters. The summed E-state index contributed by atoms with van der Waals surface area (Å²) in [4.78, 5) is 12.9. The van der Waals surface area contributed by atoms with Crippen LogP contribution in [-0.4, -0.2) is 35.5 Å². The molecule has 0 spiro atoms. The van der Waals surface area contributed by atoms with Crippen molar-refractivity contribution in [1.29, 1.82) is 0 Å². The molecule has 0 bridgehead atoms. The zero-order valence-corrected chi connectivity index (χ0v) is 18.3. The minimum atomic E-state index is 0. The predicted molar refractivity (Wildman–Crippen MR) is 117 cm³/mol. The largest absolute Gasteiger partial charge is 0.443 e. The highest BCUT2D eigenvalue weighted by Crippen LogP contribution is 2.36. The Balaban J connectivity index is 0.00000196. The molecule has 5 nitrogen and oxygen atoms in total. The minimum Gasteiger partial charge on any atom is -0.443 e. The summed E-state index contributed by atoms with van der Waals surface area (Å²) in [5.41, 5.74) is 0.885. The van der Waals surface area contributed by atoms with Crippen LogP contribution in [0.4, 0.5) is 0 Å². The van der Waals surface area contributed by atoms with E-state index >= 15 is 0 Å². The lowest BCUT2D eigenvalue weighted by atomic mass is 9.82. The molecule has 0 amide bonds. The van der Waals surface area contributed by atoms with Crippen molar-refractivity contribution in [3.8, 4) is 10.8 Å². The van der Waals surface area contributed by atoms with Gasteiger partial charge in [0.2, 0.25) is 5.89 Å². The number of aliphatic imine (C=N–C) groups is 1. The summed E-state index contributed by atoms with van der Waals surface area (Å²) in [6.07, 6.45) is 7.29. The molecule has 1 saturated heterocycles. The molecular weight excluding hydrogens is 459 g/mol. The molecule has 3 heterocycles. The van der Waals surface area contributed by atoms with Crippen molar-refractivity contribution < 1.29 is 4.42 Å². The molecule has 2 aliphatic rings. The third kappa shape index (κ3) is 4.42. The van der Waals surface area contributed by atoms with E-state index in [4.69, 9.17) is 9.41 Å². The minimum absolute atomic E-state index is 0. The van der Waals surface area contributed by atoms with Gasteiger partial charge < -0.3 is 14.6 Å². The molecule has 142 valence electrons. The summed E-state index contributed by atoms with van der Waals surface area (Å²) in [6, 6.07) is 4.04. The second kappa shape index (κ2) is 9.21. The molecule has 0 radical (unpaired) electrons. The molecule has 2 unspecified atom stereocenters. The summed E-state index contributed by atoms with van der Waals surface area (Å²) >= 11 is 1.64. The molecule has 1 aliphatic heterocycles. The molecule has 1 aliphatic carbocycles. The van der Waals surface area contributed by atoms with Gasteiger partial charge in [0.25, 0.3) is 0 Å². The fourth-order valence-electron chi connectivity index (χ4n) is 4.05. The number of fused-ring (bicyclic) bond motifs is 1. The Bertz CT molecular complexity index is 701. The van der Waals surface area contributed by atoms with Crippen LogP contribution in [0.3, 0.4) is 0 Å². The third-order valence-corrected chi connectivity index (χ3v) is 6.14. The molecule has 0 aromatic carbocycles. The second-order valence-electron chi connectivity index (χ2n) is 7.00. The van der Waals surface area contributed by atoms with Gasteiger partial charge in [0, 0.05) is 19.6 Å². The van der Waals surface area contributed by atoms with Gasteiger partial charge in [-0.2, -0.15) is 0 Å². The Morgan fingerprint density at radius 3 is 2.77 bits per heavy atom. The van der Waals surface area contributed by atoms with Crippen LogP contribution in [0, 0.1) is 11.8 Å². The van der Waals surface area contributed by atoms with Crippen LogP contribution in [0.1, 0.15) is 38.3 Å². The van der Waals surface area contributed by atoms with Crippen molar-refractivity contribution in [3.05, 3.63) is 29.5 Å². The van der Waals surface area contributed by atoms with Gasteiger partial charge in [0.05, 0.1) is 11.4 Å². The number of oxazole rings is 1. The van der Waals surface area contributed by atoms with Gasteiger partial charge in [-0.1, -0.05) is 18.9 Å². The molecule has 1 N–H and O–H groups in total. The number of aromatic nitrogens is 1. The average molecular weight is 486 g/mol. The monoisotopic (exact) mass is 486 g/mol. The number of hydrogen-bond acceptors (Lipinski definition) is 4. The SMILES string of the molecule is CCNC(=NCc1coc(-c2cccs2)n1)N1CC2CCCCC2C1.I. The van der Waals surface area contributed by atoms with Crippen molar-refractivity contribution in [3.63, 3.8) is 0 Å². The number of thiophene rings is 1. The first kappa shape index (κ1) is 19.7. The number of likely N-dealkylation sites (tertiary alicyclic amines) is 1. The summed E-state index contributed by atoms with van der Waals surface area (Å²) in [5.74, 6) is 3.43. The number of rotatable bonds is 4.